The van der Waals surface area contributed by atoms with Crippen LogP contribution in [0.25, 0.3) is 0 Å². The van der Waals surface area contributed by atoms with Gasteiger partial charge in [0.05, 0.1) is 11.5 Å². The van der Waals surface area contributed by atoms with Crippen LogP contribution in [0.2, 0.25) is 0 Å². The van der Waals surface area contributed by atoms with E-state index in [1.54, 1.807) is 25.3 Å². The average molecular weight is 284 g/mol. The van der Waals surface area contributed by atoms with Crippen LogP contribution < -0.4 is 10.0 Å². The molecule has 0 unspecified atom stereocenters. The molecule has 5 nitrogen and oxygen atoms in total. The van der Waals surface area contributed by atoms with Gasteiger partial charge in [0.1, 0.15) is 0 Å². The summed E-state index contributed by atoms with van der Waals surface area (Å²) in [6, 6.07) is 6.89. The van der Waals surface area contributed by atoms with Crippen LogP contribution in [0.15, 0.2) is 29.2 Å². The summed E-state index contributed by atoms with van der Waals surface area (Å²) in [6.07, 6.45) is 1.66. The largest absolute Gasteiger partial charge is 0.380 e. The Hall–Kier alpha value is -0.950. The van der Waals surface area contributed by atoms with Crippen molar-refractivity contribution in [1.29, 1.82) is 0 Å². The molecular weight excluding hydrogens is 264 g/mol. The summed E-state index contributed by atoms with van der Waals surface area (Å²) in [4.78, 5) is 0.306. The van der Waals surface area contributed by atoms with E-state index < -0.39 is 10.0 Å². The maximum Gasteiger partial charge on any atom is 0.240 e. The Kier molecular flexibility index (Phi) is 4.93. The van der Waals surface area contributed by atoms with E-state index in [-0.39, 0.29) is 6.04 Å². The van der Waals surface area contributed by atoms with Gasteiger partial charge in [-0.1, -0.05) is 12.1 Å². The molecule has 6 heteroatoms. The zero-order valence-corrected chi connectivity index (χ0v) is 11.9. The van der Waals surface area contributed by atoms with Crippen LogP contribution in [0.4, 0.5) is 0 Å². The van der Waals surface area contributed by atoms with Gasteiger partial charge < -0.3 is 10.1 Å². The second-order valence-corrected chi connectivity index (χ2v) is 6.44. The van der Waals surface area contributed by atoms with Crippen molar-refractivity contribution in [2.24, 2.45) is 0 Å². The maximum absolute atomic E-state index is 12.3. The van der Waals surface area contributed by atoms with Crippen molar-refractivity contribution < 1.29 is 13.2 Å². The predicted octanol–water partition coefficient (Wildman–Crippen LogP) is 0.863. The van der Waals surface area contributed by atoms with E-state index in [1.807, 2.05) is 6.07 Å². The lowest BCUT2D eigenvalue weighted by Crippen LogP contribution is -2.42. The third-order valence-electron chi connectivity index (χ3n) is 3.18. The number of rotatable bonds is 5. The van der Waals surface area contributed by atoms with Crippen molar-refractivity contribution in [2.45, 2.75) is 30.4 Å². The normalized spacial score (nSPS) is 17.5. The van der Waals surface area contributed by atoms with Crippen molar-refractivity contribution in [3.8, 4) is 0 Å². The molecule has 0 aliphatic carbocycles. The van der Waals surface area contributed by atoms with E-state index in [0.29, 0.717) is 11.5 Å². The van der Waals surface area contributed by atoms with Crippen LogP contribution in [0.1, 0.15) is 18.4 Å². The lowest BCUT2D eigenvalue weighted by atomic mass is 10.1. The second-order valence-electron chi connectivity index (χ2n) is 4.73. The van der Waals surface area contributed by atoms with Crippen LogP contribution in [-0.4, -0.2) is 34.7 Å². The molecule has 1 saturated heterocycles. The minimum Gasteiger partial charge on any atom is -0.380 e. The number of hydrogen-bond acceptors (Lipinski definition) is 4. The standard InChI is InChI=1S/C13H20N2O3S/c1-18-10-11-3-2-4-13(9-11)19(16,17)15-12-5-7-14-8-6-12/h2-4,9,12,14-15H,5-8,10H2,1H3. The molecule has 0 amide bonds. The summed E-state index contributed by atoms with van der Waals surface area (Å²) in [5.74, 6) is 0. The number of piperidine rings is 1. The minimum atomic E-state index is -3.43. The van der Waals surface area contributed by atoms with Gasteiger partial charge in [-0.3, -0.25) is 0 Å². The van der Waals surface area contributed by atoms with Crippen LogP contribution in [0.5, 0.6) is 0 Å². The van der Waals surface area contributed by atoms with Crippen molar-refractivity contribution >= 4 is 10.0 Å². The summed E-state index contributed by atoms with van der Waals surface area (Å²) < 4.78 is 32.4. The summed E-state index contributed by atoms with van der Waals surface area (Å²) in [7, 11) is -1.84. The molecule has 19 heavy (non-hydrogen) atoms. The Morgan fingerprint density at radius 3 is 2.79 bits per heavy atom. The molecule has 0 radical (unpaired) electrons. The van der Waals surface area contributed by atoms with Gasteiger partial charge in [0.25, 0.3) is 0 Å². The topological polar surface area (TPSA) is 67.4 Å². The first-order chi connectivity index (χ1) is 9.12. The highest BCUT2D eigenvalue weighted by Crippen LogP contribution is 2.14. The lowest BCUT2D eigenvalue weighted by molar-refractivity contribution is 0.184. The van der Waals surface area contributed by atoms with Crippen molar-refractivity contribution in [2.75, 3.05) is 20.2 Å². The Morgan fingerprint density at radius 1 is 1.37 bits per heavy atom. The van der Waals surface area contributed by atoms with Gasteiger partial charge in [-0.25, -0.2) is 13.1 Å². The SMILES string of the molecule is COCc1cccc(S(=O)(=O)NC2CCNCC2)c1. The van der Waals surface area contributed by atoms with E-state index in [0.717, 1.165) is 31.5 Å². The van der Waals surface area contributed by atoms with Crippen molar-refractivity contribution in [3.63, 3.8) is 0 Å². The molecule has 2 rings (SSSR count). The third-order valence-corrected chi connectivity index (χ3v) is 4.70. The van der Waals surface area contributed by atoms with E-state index in [1.165, 1.54) is 0 Å². The first-order valence-corrected chi connectivity index (χ1v) is 7.91. The van der Waals surface area contributed by atoms with Gasteiger partial charge in [0, 0.05) is 13.2 Å². The van der Waals surface area contributed by atoms with Gasteiger partial charge in [0.15, 0.2) is 0 Å². The summed E-state index contributed by atoms with van der Waals surface area (Å²) >= 11 is 0. The van der Waals surface area contributed by atoms with Crippen LogP contribution in [-0.2, 0) is 21.4 Å². The van der Waals surface area contributed by atoms with Crippen LogP contribution in [0, 0.1) is 0 Å². The predicted molar refractivity (Wildman–Crippen MR) is 73.4 cm³/mol. The highest BCUT2D eigenvalue weighted by molar-refractivity contribution is 7.89. The Labute approximate surface area is 114 Å². The first-order valence-electron chi connectivity index (χ1n) is 6.43. The average Bonchev–Trinajstić information content (AvgIpc) is 2.40. The first kappa shape index (κ1) is 14.5. The highest BCUT2D eigenvalue weighted by Gasteiger charge is 2.21. The second kappa shape index (κ2) is 6.47. The highest BCUT2D eigenvalue weighted by atomic mass is 32.2. The Morgan fingerprint density at radius 2 is 2.11 bits per heavy atom. The smallest absolute Gasteiger partial charge is 0.240 e. The van der Waals surface area contributed by atoms with Gasteiger partial charge >= 0.3 is 0 Å². The number of nitrogens with one attached hydrogen (secondary N) is 2. The molecule has 0 bridgehead atoms. The quantitative estimate of drug-likeness (QED) is 0.841. The van der Waals surface area contributed by atoms with E-state index >= 15 is 0 Å². The number of hydrogen-bond donors (Lipinski definition) is 2. The van der Waals surface area contributed by atoms with Gasteiger partial charge in [-0.15, -0.1) is 0 Å². The number of benzene rings is 1. The monoisotopic (exact) mass is 284 g/mol. The maximum atomic E-state index is 12.3. The Bertz CT molecular complexity index is 510. The van der Waals surface area contributed by atoms with Crippen molar-refractivity contribution in [3.05, 3.63) is 29.8 Å². The summed E-state index contributed by atoms with van der Waals surface area (Å²) in [5, 5.41) is 3.21. The Balaban J connectivity index is 2.11. The molecule has 0 saturated carbocycles. The van der Waals surface area contributed by atoms with Crippen LogP contribution >= 0.6 is 0 Å². The third kappa shape index (κ3) is 4.01. The van der Waals surface area contributed by atoms with E-state index in [2.05, 4.69) is 10.0 Å². The fraction of sp³-hybridized carbons (Fsp3) is 0.538. The summed E-state index contributed by atoms with van der Waals surface area (Å²) in [6.45, 7) is 2.13. The van der Waals surface area contributed by atoms with E-state index in [9.17, 15) is 8.42 Å². The molecule has 1 aliphatic heterocycles. The van der Waals surface area contributed by atoms with E-state index in [4.69, 9.17) is 4.74 Å². The molecule has 1 heterocycles. The number of ether oxygens (including phenoxy) is 1. The fourth-order valence-electron chi connectivity index (χ4n) is 2.20. The molecule has 106 valence electrons. The van der Waals surface area contributed by atoms with Gasteiger partial charge in [0.2, 0.25) is 10.0 Å². The van der Waals surface area contributed by atoms with Gasteiger partial charge in [-0.05, 0) is 43.6 Å². The number of methoxy groups -OCH3 is 1. The van der Waals surface area contributed by atoms with Crippen LogP contribution in [0.3, 0.4) is 0 Å². The molecule has 0 spiro atoms. The van der Waals surface area contributed by atoms with Crippen molar-refractivity contribution in [1.82, 2.24) is 10.0 Å². The lowest BCUT2D eigenvalue weighted by Gasteiger charge is -2.23. The molecule has 1 aromatic rings. The minimum absolute atomic E-state index is 0.0253. The molecule has 0 atom stereocenters. The molecule has 2 N–H and O–H groups in total. The molecule has 1 aromatic carbocycles. The molecule has 1 fully saturated rings. The molecule has 0 aromatic heterocycles. The molecule has 1 aliphatic rings. The summed E-state index contributed by atoms with van der Waals surface area (Å²) in [5.41, 5.74) is 0.857. The number of sulfonamides is 1. The zero-order chi connectivity index (χ0) is 13.7. The zero-order valence-electron chi connectivity index (χ0n) is 11.1. The van der Waals surface area contributed by atoms with Gasteiger partial charge in [-0.2, -0.15) is 0 Å². The fourth-order valence-corrected chi connectivity index (χ4v) is 3.57. The molecular formula is C13H20N2O3S.